The topological polar surface area (TPSA) is 404 Å². The molecule has 5 fully saturated rings. The molecule has 0 spiro atoms. The third-order valence-corrected chi connectivity index (χ3v) is 10.3. The van der Waals surface area contributed by atoms with E-state index in [-0.39, 0.29) is 0 Å². The maximum Gasteiger partial charge on any atom is 0.217 e. The van der Waals surface area contributed by atoms with Gasteiger partial charge in [0.05, 0.1) is 33.0 Å². The summed E-state index contributed by atoms with van der Waals surface area (Å²) in [6.07, 6.45) is -36.0. The Morgan fingerprint density at radius 2 is 1.03 bits per heavy atom. The van der Waals surface area contributed by atoms with Crippen molar-refractivity contribution in [2.75, 3.05) is 33.0 Å². The van der Waals surface area contributed by atoms with E-state index in [9.17, 15) is 76.0 Å². The van der Waals surface area contributed by atoms with Crippen molar-refractivity contribution in [3.63, 3.8) is 0 Å². The molecule has 1 unspecified atom stereocenters. The number of amides is 2. The van der Waals surface area contributed by atoms with Crippen molar-refractivity contribution in [3.8, 4) is 0 Å². The molecule has 0 aromatic carbocycles. The van der Waals surface area contributed by atoms with Gasteiger partial charge in [-0.1, -0.05) is 0 Å². The van der Waals surface area contributed by atoms with Gasteiger partial charge in [-0.2, -0.15) is 0 Å². The Hall–Kier alpha value is -1.94. The third-order valence-electron chi connectivity index (χ3n) is 10.3. The van der Waals surface area contributed by atoms with Crippen molar-refractivity contribution >= 4 is 11.8 Å². The highest BCUT2D eigenvalue weighted by atomic mass is 16.8. The van der Waals surface area contributed by atoms with Gasteiger partial charge in [0.15, 0.2) is 31.5 Å². The molecule has 0 bridgehead atoms. The molecule has 26 heteroatoms. The monoisotopic (exact) mass is 850 g/mol. The smallest absolute Gasteiger partial charge is 0.217 e. The van der Waals surface area contributed by atoms with Crippen molar-refractivity contribution < 1.29 is 119 Å². The Kier molecular flexibility index (Phi) is 16.5. The summed E-state index contributed by atoms with van der Waals surface area (Å²) in [6, 6.07) is -3.00. The molecular formula is C32H54N2O24. The van der Waals surface area contributed by atoms with Crippen LogP contribution >= 0.6 is 0 Å². The van der Waals surface area contributed by atoms with Crippen LogP contribution in [0.4, 0.5) is 0 Å². The van der Waals surface area contributed by atoms with Crippen LogP contribution in [-0.2, 0) is 52.2 Å². The van der Waals surface area contributed by atoms with E-state index in [0.29, 0.717) is 0 Å². The number of hydrogen-bond donors (Lipinski definition) is 15. The van der Waals surface area contributed by atoms with Crippen LogP contribution in [0.25, 0.3) is 0 Å². The van der Waals surface area contributed by atoms with E-state index in [4.69, 9.17) is 42.6 Å². The second-order valence-corrected chi connectivity index (χ2v) is 14.6. The molecule has 23 atom stereocenters. The number of aliphatic hydroxyl groups excluding tert-OH is 13. The van der Waals surface area contributed by atoms with Crippen LogP contribution < -0.4 is 10.6 Å². The highest BCUT2D eigenvalue weighted by Crippen LogP contribution is 2.32. The molecule has 2 amide bonds. The summed E-state index contributed by atoms with van der Waals surface area (Å²) >= 11 is 0. The number of ether oxygens (including phenoxy) is 9. The van der Waals surface area contributed by atoms with Crippen molar-refractivity contribution in [3.05, 3.63) is 0 Å². The number of rotatable bonds is 13. The second kappa shape index (κ2) is 20.3. The lowest BCUT2D eigenvalue weighted by Gasteiger charge is -2.47. The zero-order valence-corrected chi connectivity index (χ0v) is 31.1. The van der Waals surface area contributed by atoms with Gasteiger partial charge in [0.1, 0.15) is 110 Å². The van der Waals surface area contributed by atoms with Crippen LogP contribution in [0.15, 0.2) is 0 Å². The third kappa shape index (κ3) is 10.4. The van der Waals surface area contributed by atoms with Crippen LogP contribution in [0.1, 0.15) is 13.8 Å². The minimum absolute atomic E-state index is 0.522. The first-order chi connectivity index (χ1) is 27.4. The summed E-state index contributed by atoms with van der Waals surface area (Å²) in [5, 5.41) is 141. The summed E-state index contributed by atoms with van der Waals surface area (Å²) in [5.41, 5.74) is 0. The molecule has 15 N–H and O–H groups in total. The van der Waals surface area contributed by atoms with Crippen molar-refractivity contribution in [1.29, 1.82) is 0 Å². The van der Waals surface area contributed by atoms with Gasteiger partial charge in [0, 0.05) is 13.8 Å². The molecule has 5 heterocycles. The molecule has 0 aromatic rings. The van der Waals surface area contributed by atoms with Crippen LogP contribution in [0.2, 0.25) is 0 Å². The van der Waals surface area contributed by atoms with Gasteiger partial charge in [0.2, 0.25) is 11.8 Å². The molecule has 58 heavy (non-hydrogen) atoms. The number of hydrogen-bond acceptors (Lipinski definition) is 24. The van der Waals surface area contributed by atoms with Crippen molar-refractivity contribution in [2.45, 2.75) is 155 Å². The van der Waals surface area contributed by atoms with Gasteiger partial charge in [0.25, 0.3) is 0 Å². The maximum atomic E-state index is 12.2. The van der Waals surface area contributed by atoms with Gasteiger partial charge < -0.3 is 120 Å². The van der Waals surface area contributed by atoms with Gasteiger partial charge in [-0.05, 0) is 0 Å². The maximum absolute atomic E-state index is 12.2. The lowest BCUT2D eigenvalue weighted by atomic mass is 9.96. The number of aliphatic hydroxyl groups is 13. The lowest BCUT2D eigenvalue weighted by molar-refractivity contribution is -0.367. The minimum atomic E-state index is -1.92. The Labute approximate surface area is 329 Å². The average Bonchev–Trinajstić information content (AvgIpc) is 3.18. The van der Waals surface area contributed by atoms with Crippen molar-refractivity contribution in [1.82, 2.24) is 10.6 Å². The quantitative estimate of drug-likeness (QED) is 0.0818. The zero-order chi connectivity index (χ0) is 42.7. The first-order valence-electron chi connectivity index (χ1n) is 18.4. The Morgan fingerprint density at radius 3 is 1.60 bits per heavy atom. The van der Waals surface area contributed by atoms with Crippen molar-refractivity contribution in [2.24, 2.45) is 0 Å². The Morgan fingerprint density at radius 1 is 0.534 bits per heavy atom. The summed E-state index contributed by atoms with van der Waals surface area (Å²) in [4.78, 5) is 24.0. The molecule has 5 aliphatic rings. The molecule has 26 nitrogen and oxygen atoms in total. The predicted octanol–water partition coefficient (Wildman–Crippen LogP) is -10.4. The molecule has 0 radical (unpaired) electrons. The standard InChI is InChI=1S/C32H54N2O24/c1-8(37)33-15-22(45)18(41)11(3-35)53-29(15)56-14-6-50-28(49)26(21(14)44)57-30-16(34-9(2)38)23(46)20(43)13(55-30)7-52-32-27(17(40)10(39)5-51-32)58-31-25(48)24(47)19(42)12(4-36)54-31/h10-32,35-36,39-49H,3-7H2,1-2H3,(H,33,37)(H,34,38)/t10-,11-,12-,13-,14-,15-,16-,17+,18+,19-,20-,21+,22-,23-,24+,25-,26-,27-,28?,29+,30+,31+,32+/m1/s1. The van der Waals surface area contributed by atoms with E-state index in [2.05, 4.69) is 10.6 Å². The first kappa shape index (κ1) is 47.1. The fraction of sp³-hybridized carbons (Fsp3) is 0.938. The zero-order valence-electron chi connectivity index (χ0n) is 31.1. The van der Waals surface area contributed by atoms with E-state index < -0.39 is 186 Å². The van der Waals surface area contributed by atoms with Crippen LogP contribution in [0.3, 0.4) is 0 Å². The summed E-state index contributed by atoms with van der Waals surface area (Å²) in [5.74, 6) is -1.40. The van der Waals surface area contributed by atoms with Gasteiger partial charge in [-0.25, -0.2) is 0 Å². The largest absolute Gasteiger partial charge is 0.394 e. The molecule has 0 saturated carbocycles. The summed E-state index contributed by atoms with van der Waals surface area (Å²) < 4.78 is 50.5. The number of carbonyl (C=O) groups excluding carboxylic acids is 2. The minimum Gasteiger partial charge on any atom is -0.394 e. The molecule has 5 rings (SSSR count). The van der Waals surface area contributed by atoms with Gasteiger partial charge >= 0.3 is 0 Å². The summed E-state index contributed by atoms with van der Waals surface area (Å²) in [6.45, 7) is -1.19. The van der Waals surface area contributed by atoms with Crippen LogP contribution in [0.5, 0.6) is 0 Å². The van der Waals surface area contributed by atoms with E-state index in [1.54, 1.807) is 0 Å². The lowest BCUT2D eigenvalue weighted by Crippen LogP contribution is -2.68. The second-order valence-electron chi connectivity index (χ2n) is 14.6. The normalized spacial score (nSPS) is 48.9. The van der Waals surface area contributed by atoms with Gasteiger partial charge in [-0.15, -0.1) is 0 Å². The molecule has 5 saturated heterocycles. The van der Waals surface area contributed by atoms with Gasteiger partial charge in [-0.3, -0.25) is 9.59 Å². The predicted molar refractivity (Wildman–Crippen MR) is 178 cm³/mol. The average molecular weight is 851 g/mol. The molecule has 5 aliphatic heterocycles. The van der Waals surface area contributed by atoms with E-state index in [1.165, 1.54) is 0 Å². The molecular weight excluding hydrogens is 796 g/mol. The highest BCUT2D eigenvalue weighted by Gasteiger charge is 2.53. The number of carbonyl (C=O) groups is 2. The highest BCUT2D eigenvalue weighted by molar-refractivity contribution is 5.73. The molecule has 336 valence electrons. The van der Waals surface area contributed by atoms with Crippen LogP contribution in [0, 0.1) is 0 Å². The fourth-order valence-corrected chi connectivity index (χ4v) is 7.10. The Bertz CT molecular complexity index is 1340. The molecule has 0 aliphatic carbocycles. The first-order valence-corrected chi connectivity index (χ1v) is 18.4. The van der Waals surface area contributed by atoms with Crippen LogP contribution in [-0.4, -0.2) is 252 Å². The van der Waals surface area contributed by atoms with E-state index in [1.807, 2.05) is 0 Å². The Balaban J connectivity index is 1.30. The van der Waals surface area contributed by atoms with E-state index in [0.717, 1.165) is 13.8 Å². The summed E-state index contributed by atoms with van der Waals surface area (Å²) in [7, 11) is 0. The number of nitrogens with one attached hydrogen (secondary N) is 2. The fourth-order valence-electron chi connectivity index (χ4n) is 7.10. The van der Waals surface area contributed by atoms with E-state index >= 15 is 0 Å². The molecule has 0 aromatic heterocycles. The SMILES string of the molecule is CC(=O)N[C@H]1[C@H](O[C@@H]2COC(O)[C@H](O[C@@H]3O[C@H](CO[C@@H]4OC[C@@H](O)[C@H](O)[C@H]4O[C@@H]4O[C@H](CO)[C@@H](O)[C@H](O)[C@H]4O)[C@@H](O)[C@H](O)[C@H]3NC(C)=O)[C@H]2O)O[C@H](CO)[C@H](O)[C@@H]1O.